The summed E-state index contributed by atoms with van der Waals surface area (Å²) in [6.07, 6.45) is 3.21. The lowest BCUT2D eigenvalue weighted by molar-refractivity contribution is 0.0595. The molecule has 1 amide bonds. The van der Waals surface area contributed by atoms with Crippen molar-refractivity contribution in [3.63, 3.8) is 0 Å². The van der Waals surface area contributed by atoms with Crippen LogP contribution >= 0.6 is 0 Å². The molecule has 6 nitrogen and oxygen atoms in total. The summed E-state index contributed by atoms with van der Waals surface area (Å²) in [4.78, 5) is 19.3. The summed E-state index contributed by atoms with van der Waals surface area (Å²) in [6, 6.07) is 6.44. The van der Waals surface area contributed by atoms with Gasteiger partial charge < -0.3 is 10.2 Å². The van der Waals surface area contributed by atoms with Crippen molar-refractivity contribution in [3.8, 4) is 5.69 Å². The van der Waals surface area contributed by atoms with Crippen molar-refractivity contribution in [2.24, 2.45) is 5.41 Å². The average Bonchev–Trinajstić information content (AvgIpc) is 3.30. The zero-order valence-electron chi connectivity index (χ0n) is 15.9. The molecular weight excluding hydrogens is 345 g/mol. The number of benzene rings is 1. The van der Waals surface area contributed by atoms with Gasteiger partial charge in [0.1, 0.15) is 17.3 Å². The molecule has 1 spiro atoms. The molecule has 3 heterocycles. The molecule has 0 aliphatic carbocycles. The van der Waals surface area contributed by atoms with Gasteiger partial charge in [0.15, 0.2) is 0 Å². The maximum absolute atomic E-state index is 14.3. The first-order valence-corrected chi connectivity index (χ1v) is 9.71. The lowest BCUT2D eigenvalue weighted by Crippen LogP contribution is -2.44. The van der Waals surface area contributed by atoms with E-state index in [1.54, 1.807) is 18.2 Å². The van der Waals surface area contributed by atoms with Crippen LogP contribution in [0.2, 0.25) is 0 Å². The number of piperidine rings is 1. The number of aromatic nitrogens is 3. The Labute approximate surface area is 158 Å². The average molecular weight is 371 g/mol. The third kappa shape index (κ3) is 3.36. The van der Waals surface area contributed by atoms with E-state index in [-0.39, 0.29) is 23.5 Å². The van der Waals surface area contributed by atoms with Crippen LogP contribution in [0.5, 0.6) is 0 Å². The Kier molecular flexibility index (Phi) is 4.72. The van der Waals surface area contributed by atoms with E-state index < -0.39 is 0 Å². The molecule has 2 saturated heterocycles. The molecule has 0 atom stereocenters. The Bertz CT molecular complexity index is 831. The van der Waals surface area contributed by atoms with Gasteiger partial charge in [0.25, 0.3) is 5.91 Å². The normalized spacial score (nSPS) is 19.2. The Balaban J connectivity index is 1.58. The Morgan fingerprint density at radius 3 is 2.59 bits per heavy atom. The third-order valence-electron chi connectivity index (χ3n) is 5.86. The molecule has 2 aliphatic heterocycles. The zero-order valence-corrected chi connectivity index (χ0v) is 15.9. The molecule has 0 saturated carbocycles. The van der Waals surface area contributed by atoms with Gasteiger partial charge in [-0.1, -0.05) is 26.0 Å². The summed E-state index contributed by atoms with van der Waals surface area (Å²) in [7, 11) is 0. The molecule has 27 heavy (non-hydrogen) atoms. The van der Waals surface area contributed by atoms with Crippen molar-refractivity contribution in [1.82, 2.24) is 25.0 Å². The first kappa shape index (κ1) is 18.1. The third-order valence-corrected chi connectivity index (χ3v) is 5.86. The van der Waals surface area contributed by atoms with Gasteiger partial charge in [-0.05, 0) is 43.4 Å². The van der Waals surface area contributed by atoms with Crippen LogP contribution in [0.25, 0.3) is 5.69 Å². The van der Waals surface area contributed by atoms with Crippen LogP contribution in [-0.4, -0.2) is 51.8 Å². The molecule has 2 aromatic rings. The zero-order chi connectivity index (χ0) is 19.0. The summed E-state index contributed by atoms with van der Waals surface area (Å²) >= 11 is 0. The molecule has 1 N–H and O–H groups in total. The van der Waals surface area contributed by atoms with Crippen LogP contribution in [0.3, 0.4) is 0 Å². The van der Waals surface area contributed by atoms with E-state index in [1.807, 2.05) is 18.7 Å². The second-order valence-electron chi connectivity index (χ2n) is 8.03. The number of amides is 1. The van der Waals surface area contributed by atoms with Crippen LogP contribution in [0.15, 0.2) is 24.3 Å². The van der Waals surface area contributed by atoms with Crippen LogP contribution in [0.1, 0.15) is 55.5 Å². The quantitative estimate of drug-likeness (QED) is 0.901. The van der Waals surface area contributed by atoms with Gasteiger partial charge in [0, 0.05) is 25.6 Å². The van der Waals surface area contributed by atoms with Crippen LogP contribution in [0, 0.1) is 11.2 Å². The highest BCUT2D eigenvalue weighted by molar-refractivity contribution is 5.90. The SMILES string of the molecule is CC(C)c1nc(C(=O)N2CCC3(CCNC3)CC2)nn1-c1ccccc1F. The number of halogens is 1. The first-order chi connectivity index (χ1) is 13.0. The highest BCUT2D eigenvalue weighted by Crippen LogP contribution is 2.37. The van der Waals surface area contributed by atoms with Crippen molar-refractivity contribution in [1.29, 1.82) is 0 Å². The van der Waals surface area contributed by atoms with E-state index in [1.165, 1.54) is 17.2 Å². The van der Waals surface area contributed by atoms with Crippen molar-refractivity contribution in [3.05, 3.63) is 41.7 Å². The van der Waals surface area contributed by atoms with E-state index in [4.69, 9.17) is 0 Å². The highest BCUT2D eigenvalue weighted by Gasteiger charge is 2.39. The van der Waals surface area contributed by atoms with Gasteiger partial charge in [-0.15, -0.1) is 5.10 Å². The van der Waals surface area contributed by atoms with E-state index in [9.17, 15) is 9.18 Å². The minimum atomic E-state index is -0.378. The summed E-state index contributed by atoms with van der Waals surface area (Å²) in [5.74, 6) is 0.233. The Morgan fingerprint density at radius 1 is 1.22 bits per heavy atom. The van der Waals surface area contributed by atoms with Gasteiger partial charge in [-0.2, -0.15) is 0 Å². The second kappa shape index (κ2) is 7.03. The van der Waals surface area contributed by atoms with E-state index in [0.717, 1.165) is 39.0 Å². The van der Waals surface area contributed by atoms with Crippen molar-refractivity contribution >= 4 is 5.91 Å². The minimum absolute atomic E-state index is 0.0212. The van der Waals surface area contributed by atoms with Gasteiger partial charge in [0.05, 0.1) is 0 Å². The summed E-state index contributed by atoms with van der Waals surface area (Å²) in [6.45, 7) is 7.51. The van der Waals surface area contributed by atoms with Crippen LogP contribution < -0.4 is 5.32 Å². The smallest absolute Gasteiger partial charge is 0.293 e. The Hall–Kier alpha value is -2.28. The number of nitrogens with one attached hydrogen (secondary N) is 1. The van der Waals surface area contributed by atoms with Crippen LogP contribution in [-0.2, 0) is 0 Å². The number of hydrogen-bond acceptors (Lipinski definition) is 4. The predicted octanol–water partition coefficient (Wildman–Crippen LogP) is 2.75. The molecule has 2 fully saturated rings. The van der Waals surface area contributed by atoms with Crippen molar-refractivity contribution in [2.45, 2.75) is 39.0 Å². The van der Waals surface area contributed by atoms with E-state index >= 15 is 0 Å². The number of rotatable bonds is 3. The number of para-hydroxylation sites is 1. The topological polar surface area (TPSA) is 63.1 Å². The maximum Gasteiger partial charge on any atom is 0.293 e. The molecule has 0 unspecified atom stereocenters. The number of carbonyl (C=O) groups excluding carboxylic acids is 1. The minimum Gasteiger partial charge on any atom is -0.336 e. The second-order valence-corrected chi connectivity index (χ2v) is 8.03. The molecule has 4 rings (SSSR count). The maximum atomic E-state index is 14.3. The molecule has 144 valence electrons. The van der Waals surface area contributed by atoms with Crippen LogP contribution in [0.4, 0.5) is 4.39 Å². The fourth-order valence-electron chi connectivity index (χ4n) is 4.14. The fourth-order valence-corrected chi connectivity index (χ4v) is 4.14. The lowest BCUT2D eigenvalue weighted by atomic mass is 9.78. The van der Waals surface area contributed by atoms with E-state index in [0.29, 0.717) is 16.9 Å². The molecule has 1 aromatic carbocycles. The van der Waals surface area contributed by atoms with Gasteiger partial charge in [0.2, 0.25) is 5.82 Å². The standard InChI is InChI=1S/C20H26FN5O/c1-14(2)18-23-17(24-26(18)16-6-4-3-5-15(16)21)19(27)25-11-8-20(9-12-25)7-10-22-13-20/h3-6,14,22H,7-13H2,1-2H3. The fraction of sp³-hybridized carbons (Fsp3) is 0.550. The van der Waals surface area contributed by atoms with Gasteiger partial charge >= 0.3 is 0 Å². The number of carbonyl (C=O) groups is 1. The number of nitrogens with zero attached hydrogens (tertiary/aromatic N) is 4. The van der Waals surface area contributed by atoms with Crippen molar-refractivity contribution in [2.75, 3.05) is 26.2 Å². The van der Waals surface area contributed by atoms with Crippen molar-refractivity contribution < 1.29 is 9.18 Å². The van der Waals surface area contributed by atoms with E-state index in [2.05, 4.69) is 15.4 Å². The first-order valence-electron chi connectivity index (χ1n) is 9.71. The highest BCUT2D eigenvalue weighted by atomic mass is 19.1. The van der Waals surface area contributed by atoms with Gasteiger partial charge in [-0.3, -0.25) is 4.79 Å². The monoisotopic (exact) mass is 371 g/mol. The number of hydrogen-bond donors (Lipinski definition) is 1. The summed E-state index contributed by atoms with van der Waals surface area (Å²) in [5.41, 5.74) is 0.669. The molecule has 0 bridgehead atoms. The Morgan fingerprint density at radius 2 is 1.96 bits per heavy atom. The molecule has 1 aromatic heterocycles. The lowest BCUT2D eigenvalue weighted by Gasteiger charge is -2.38. The molecular formula is C20H26FN5O. The summed E-state index contributed by atoms with van der Waals surface area (Å²) < 4.78 is 15.7. The number of likely N-dealkylation sites (tertiary alicyclic amines) is 1. The predicted molar refractivity (Wildman–Crippen MR) is 100 cm³/mol. The molecule has 2 aliphatic rings. The van der Waals surface area contributed by atoms with Gasteiger partial charge in [-0.25, -0.2) is 14.1 Å². The summed E-state index contributed by atoms with van der Waals surface area (Å²) in [5, 5.41) is 7.83. The molecule has 0 radical (unpaired) electrons. The largest absolute Gasteiger partial charge is 0.336 e. The molecule has 7 heteroatoms.